The fourth-order valence-electron chi connectivity index (χ4n) is 1.65. The number of benzene rings is 1. The summed E-state index contributed by atoms with van der Waals surface area (Å²) in [4.78, 5) is 10.1. The van der Waals surface area contributed by atoms with E-state index in [1.54, 1.807) is 32.9 Å². The van der Waals surface area contributed by atoms with Gasteiger partial charge in [0.25, 0.3) is 5.69 Å². The fraction of sp³-hybridized carbons (Fsp3) is 0.571. The SMILES string of the molecule is CC(C)(C)S(=O)(=O)CCNCCc1ccc([N+](=O)[O-])cc1. The zero-order valence-corrected chi connectivity index (χ0v) is 13.4. The van der Waals surface area contributed by atoms with Gasteiger partial charge in [-0.05, 0) is 39.3 Å². The maximum atomic E-state index is 11.9. The standard InChI is InChI=1S/C14H22N2O4S/c1-14(2,3)21(19,20)11-10-15-9-8-12-4-6-13(7-5-12)16(17)18/h4-7,15H,8-11H2,1-3H3. The molecule has 0 bridgehead atoms. The Labute approximate surface area is 125 Å². The molecular weight excluding hydrogens is 292 g/mol. The van der Waals surface area contributed by atoms with Crippen molar-refractivity contribution in [1.82, 2.24) is 5.32 Å². The largest absolute Gasteiger partial charge is 0.315 e. The highest BCUT2D eigenvalue weighted by Crippen LogP contribution is 2.15. The lowest BCUT2D eigenvalue weighted by atomic mass is 10.1. The Bertz CT molecular complexity index is 574. The number of nitro groups is 1. The molecule has 0 amide bonds. The first-order valence-corrected chi connectivity index (χ1v) is 8.45. The number of hydrogen-bond donors (Lipinski definition) is 1. The number of non-ortho nitro benzene ring substituents is 1. The molecule has 0 atom stereocenters. The van der Waals surface area contributed by atoms with Crippen molar-refractivity contribution >= 4 is 15.5 Å². The van der Waals surface area contributed by atoms with Gasteiger partial charge in [-0.3, -0.25) is 10.1 Å². The summed E-state index contributed by atoms with van der Waals surface area (Å²) in [5, 5.41) is 13.6. The molecule has 0 radical (unpaired) electrons. The Morgan fingerprint density at radius 2 is 1.71 bits per heavy atom. The van der Waals surface area contributed by atoms with Gasteiger partial charge in [0.1, 0.15) is 0 Å². The van der Waals surface area contributed by atoms with Crippen LogP contribution in [0.3, 0.4) is 0 Å². The van der Waals surface area contributed by atoms with E-state index in [1.165, 1.54) is 12.1 Å². The first-order valence-electron chi connectivity index (χ1n) is 6.80. The van der Waals surface area contributed by atoms with Crippen molar-refractivity contribution in [1.29, 1.82) is 0 Å². The lowest BCUT2D eigenvalue weighted by Crippen LogP contribution is -2.35. The van der Waals surface area contributed by atoms with E-state index < -0.39 is 19.5 Å². The number of hydrogen-bond acceptors (Lipinski definition) is 5. The Hall–Kier alpha value is -1.47. The van der Waals surface area contributed by atoms with Crippen LogP contribution in [0.25, 0.3) is 0 Å². The van der Waals surface area contributed by atoms with E-state index in [-0.39, 0.29) is 11.4 Å². The summed E-state index contributed by atoms with van der Waals surface area (Å²) >= 11 is 0. The molecule has 0 aliphatic heterocycles. The molecule has 6 nitrogen and oxygen atoms in total. The third kappa shape index (κ3) is 5.43. The van der Waals surface area contributed by atoms with Gasteiger partial charge in [-0.2, -0.15) is 0 Å². The molecule has 0 fully saturated rings. The second-order valence-electron chi connectivity index (χ2n) is 5.85. The second-order valence-corrected chi connectivity index (χ2v) is 8.72. The Balaban J connectivity index is 2.34. The summed E-state index contributed by atoms with van der Waals surface area (Å²) in [5.74, 6) is 0.108. The number of rotatable bonds is 7. The van der Waals surface area contributed by atoms with Gasteiger partial charge >= 0.3 is 0 Å². The van der Waals surface area contributed by atoms with E-state index in [4.69, 9.17) is 0 Å². The van der Waals surface area contributed by atoms with Crippen LogP contribution < -0.4 is 5.32 Å². The van der Waals surface area contributed by atoms with Crippen LogP contribution in [0.2, 0.25) is 0 Å². The van der Waals surface area contributed by atoms with E-state index in [9.17, 15) is 18.5 Å². The molecule has 1 aromatic rings. The molecule has 1 aromatic carbocycles. The molecule has 118 valence electrons. The first kappa shape index (κ1) is 17.6. The highest BCUT2D eigenvalue weighted by atomic mass is 32.2. The lowest BCUT2D eigenvalue weighted by molar-refractivity contribution is -0.384. The molecule has 7 heteroatoms. The van der Waals surface area contributed by atoms with E-state index in [0.717, 1.165) is 5.56 Å². The summed E-state index contributed by atoms with van der Waals surface area (Å²) in [7, 11) is -3.10. The van der Waals surface area contributed by atoms with Gasteiger partial charge in [0, 0.05) is 18.7 Å². The zero-order chi connectivity index (χ0) is 16.1. The number of nitro benzene ring substituents is 1. The monoisotopic (exact) mass is 314 g/mol. The van der Waals surface area contributed by atoms with Crippen molar-refractivity contribution in [3.05, 3.63) is 39.9 Å². The van der Waals surface area contributed by atoms with Crippen LogP contribution in [0, 0.1) is 10.1 Å². The molecule has 1 N–H and O–H groups in total. The van der Waals surface area contributed by atoms with Crippen molar-refractivity contribution < 1.29 is 13.3 Å². The van der Waals surface area contributed by atoms with Crippen LogP contribution in [0.1, 0.15) is 26.3 Å². The van der Waals surface area contributed by atoms with Crippen LogP contribution in [0.5, 0.6) is 0 Å². The maximum Gasteiger partial charge on any atom is 0.269 e. The average molecular weight is 314 g/mol. The molecule has 0 unspecified atom stereocenters. The van der Waals surface area contributed by atoms with E-state index in [2.05, 4.69) is 5.32 Å². The molecule has 0 saturated heterocycles. The molecule has 0 aromatic heterocycles. The zero-order valence-electron chi connectivity index (χ0n) is 12.6. The predicted molar refractivity (Wildman–Crippen MR) is 83.2 cm³/mol. The average Bonchev–Trinajstić information content (AvgIpc) is 2.37. The lowest BCUT2D eigenvalue weighted by Gasteiger charge is -2.19. The summed E-state index contributed by atoms with van der Waals surface area (Å²) in [5.41, 5.74) is 1.05. The highest BCUT2D eigenvalue weighted by Gasteiger charge is 2.27. The van der Waals surface area contributed by atoms with Crippen molar-refractivity contribution in [3.63, 3.8) is 0 Å². The van der Waals surface area contributed by atoms with Gasteiger partial charge in [0.2, 0.25) is 0 Å². The molecule has 0 aliphatic carbocycles. The quantitative estimate of drug-likeness (QED) is 0.472. The van der Waals surface area contributed by atoms with Crippen LogP contribution in [-0.4, -0.2) is 36.9 Å². The fourth-order valence-corrected chi connectivity index (χ4v) is 2.68. The smallest absolute Gasteiger partial charge is 0.269 e. The molecule has 0 heterocycles. The summed E-state index contributed by atoms with van der Waals surface area (Å²) in [6, 6.07) is 6.37. The van der Waals surface area contributed by atoms with Crippen LogP contribution in [-0.2, 0) is 16.3 Å². The van der Waals surface area contributed by atoms with Crippen molar-refractivity contribution in [2.45, 2.75) is 31.9 Å². The molecule has 0 aliphatic rings. The van der Waals surface area contributed by atoms with Gasteiger partial charge in [-0.15, -0.1) is 0 Å². The molecule has 21 heavy (non-hydrogen) atoms. The van der Waals surface area contributed by atoms with Crippen molar-refractivity contribution in [2.75, 3.05) is 18.8 Å². The normalized spacial score (nSPS) is 12.3. The Morgan fingerprint density at radius 3 is 2.19 bits per heavy atom. The van der Waals surface area contributed by atoms with E-state index >= 15 is 0 Å². The Morgan fingerprint density at radius 1 is 1.14 bits per heavy atom. The topological polar surface area (TPSA) is 89.3 Å². The van der Waals surface area contributed by atoms with Crippen LogP contribution in [0.15, 0.2) is 24.3 Å². The third-order valence-electron chi connectivity index (χ3n) is 3.22. The minimum absolute atomic E-state index is 0.0722. The van der Waals surface area contributed by atoms with Crippen molar-refractivity contribution in [2.24, 2.45) is 0 Å². The van der Waals surface area contributed by atoms with Gasteiger partial charge in [-0.25, -0.2) is 8.42 Å². The predicted octanol–water partition coefficient (Wildman–Crippen LogP) is 1.94. The number of sulfone groups is 1. The summed E-state index contributed by atoms with van der Waals surface area (Å²) in [6.45, 7) is 6.13. The number of nitrogens with one attached hydrogen (secondary N) is 1. The van der Waals surface area contributed by atoms with Crippen LogP contribution >= 0.6 is 0 Å². The third-order valence-corrected chi connectivity index (χ3v) is 5.83. The van der Waals surface area contributed by atoms with E-state index in [0.29, 0.717) is 19.5 Å². The van der Waals surface area contributed by atoms with Gasteiger partial charge in [-0.1, -0.05) is 12.1 Å². The molecular formula is C14H22N2O4S. The molecule has 0 spiro atoms. The molecule has 1 rings (SSSR count). The highest BCUT2D eigenvalue weighted by molar-refractivity contribution is 7.92. The van der Waals surface area contributed by atoms with Gasteiger partial charge in [0.05, 0.1) is 15.4 Å². The minimum atomic E-state index is -3.10. The number of nitrogens with zero attached hydrogens (tertiary/aromatic N) is 1. The summed E-state index contributed by atoms with van der Waals surface area (Å²) in [6.07, 6.45) is 0.702. The van der Waals surface area contributed by atoms with Gasteiger partial charge in [0.15, 0.2) is 9.84 Å². The van der Waals surface area contributed by atoms with Gasteiger partial charge < -0.3 is 5.32 Å². The van der Waals surface area contributed by atoms with E-state index in [1.807, 2.05) is 0 Å². The summed E-state index contributed by atoms with van der Waals surface area (Å²) < 4.78 is 23.0. The van der Waals surface area contributed by atoms with Crippen molar-refractivity contribution in [3.8, 4) is 0 Å². The second kappa shape index (κ2) is 7.00. The maximum absolute atomic E-state index is 11.9. The Kier molecular flexibility index (Phi) is 5.86. The minimum Gasteiger partial charge on any atom is -0.315 e. The first-order chi connectivity index (χ1) is 9.63. The van der Waals surface area contributed by atoms with Crippen LogP contribution in [0.4, 0.5) is 5.69 Å². The molecule has 0 saturated carbocycles.